The minimum atomic E-state index is -4.56. The Labute approximate surface area is 228 Å². The second-order valence-electron chi connectivity index (χ2n) is 8.23. The molecule has 198 valence electrons. The predicted molar refractivity (Wildman–Crippen MR) is 145 cm³/mol. The highest BCUT2D eigenvalue weighted by molar-refractivity contribution is 8.01. The Morgan fingerprint density at radius 3 is 2.42 bits per heavy atom. The van der Waals surface area contributed by atoms with Gasteiger partial charge in [0.05, 0.1) is 33.7 Å². The van der Waals surface area contributed by atoms with E-state index in [2.05, 4.69) is 26.3 Å². The number of piperazine rings is 1. The minimum absolute atomic E-state index is 0. The third-order valence-corrected chi connectivity index (χ3v) is 7.80. The van der Waals surface area contributed by atoms with Crippen LogP contribution in [0.2, 0.25) is 0 Å². The fourth-order valence-corrected chi connectivity index (χ4v) is 6.08. The smallest absolute Gasteiger partial charge is 0.323 e. The lowest BCUT2D eigenvalue weighted by Crippen LogP contribution is -2.49. The van der Waals surface area contributed by atoms with Gasteiger partial charge in [0.2, 0.25) is 5.91 Å². The molecule has 0 spiro atoms. The molecule has 1 N–H and O–H groups in total. The monoisotopic (exact) mass is 581 g/mol. The molecule has 0 bridgehead atoms. The number of carbonyl (C=O) groups excluding carboxylic acids is 1. The van der Waals surface area contributed by atoms with E-state index in [1.807, 2.05) is 23.1 Å². The quantitative estimate of drug-likeness (QED) is 0.371. The van der Waals surface area contributed by atoms with Gasteiger partial charge in [0.1, 0.15) is 0 Å². The van der Waals surface area contributed by atoms with Gasteiger partial charge in [0, 0.05) is 44.2 Å². The molecule has 3 aromatic rings. The summed E-state index contributed by atoms with van der Waals surface area (Å²) in [5.41, 5.74) is 0.340. The van der Waals surface area contributed by atoms with E-state index in [-0.39, 0.29) is 48.4 Å². The lowest BCUT2D eigenvalue weighted by molar-refractivity contribution is -0.137. The van der Waals surface area contributed by atoms with Crippen LogP contribution >= 0.6 is 47.9 Å². The van der Waals surface area contributed by atoms with Crippen molar-refractivity contribution in [3.05, 3.63) is 47.3 Å². The number of hydrogen-bond donors (Lipinski definition) is 1. The summed E-state index contributed by atoms with van der Waals surface area (Å²) in [5.74, 6) is 0.472. The molecule has 1 aliphatic heterocycles. The molecule has 1 saturated heterocycles. The number of halogens is 5. The molecule has 0 aliphatic carbocycles. The van der Waals surface area contributed by atoms with Crippen molar-refractivity contribution in [2.75, 3.05) is 50.3 Å². The first-order valence-corrected chi connectivity index (χ1v) is 12.8. The first-order valence-electron chi connectivity index (χ1n) is 11.0. The van der Waals surface area contributed by atoms with Gasteiger partial charge in [-0.05, 0) is 32.0 Å². The van der Waals surface area contributed by atoms with Gasteiger partial charge in [-0.1, -0.05) is 23.9 Å². The van der Waals surface area contributed by atoms with Crippen molar-refractivity contribution in [1.29, 1.82) is 0 Å². The lowest BCUT2D eigenvalue weighted by Gasteiger charge is -2.34. The van der Waals surface area contributed by atoms with Crippen molar-refractivity contribution < 1.29 is 18.0 Å². The van der Waals surface area contributed by atoms with E-state index in [9.17, 15) is 18.0 Å². The number of rotatable bonds is 7. The number of aryl methyl sites for hydroxylation is 2. The molecule has 2 aromatic heterocycles. The Morgan fingerprint density at radius 2 is 1.75 bits per heavy atom. The number of thiazole rings is 1. The molecule has 6 nitrogen and oxygen atoms in total. The Hall–Kier alpha value is -1.63. The third kappa shape index (κ3) is 7.93. The Balaban J connectivity index is 0.00000228. The second kappa shape index (κ2) is 13.3. The number of nitrogens with one attached hydrogen (secondary N) is 1. The SMILES string of the molecule is Cc1cc(C(F)(F)F)c(NC(=O)CN2CCN(CCSc3nc4ccccc4s3)CC2)c(C)n1.Cl.Cl. The van der Waals surface area contributed by atoms with Crippen molar-refractivity contribution in [3.63, 3.8) is 0 Å². The predicted octanol–water partition coefficient (Wildman–Crippen LogP) is 5.52. The minimum Gasteiger partial charge on any atom is -0.323 e. The van der Waals surface area contributed by atoms with Gasteiger partial charge in [-0.15, -0.1) is 36.2 Å². The number of anilines is 1. The number of amides is 1. The van der Waals surface area contributed by atoms with Crippen LogP contribution in [0.15, 0.2) is 34.7 Å². The van der Waals surface area contributed by atoms with Crippen molar-refractivity contribution >= 4 is 69.7 Å². The van der Waals surface area contributed by atoms with E-state index in [0.717, 1.165) is 41.3 Å². The molecule has 0 unspecified atom stereocenters. The van der Waals surface area contributed by atoms with Crippen LogP contribution in [0.25, 0.3) is 10.2 Å². The maximum Gasteiger partial charge on any atom is 0.418 e. The molecule has 1 amide bonds. The van der Waals surface area contributed by atoms with E-state index >= 15 is 0 Å². The van der Waals surface area contributed by atoms with Crippen LogP contribution in [0, 0.1) is 13.8 Å². The fraction of sp³-hybridized carbons (Fsp3) is 0.435. The van der Waals surface area contributed by atoms with Crippen molar-refractivity contribution in [3.8, 4) is 0 Å². The van der Waals surface area contributed by atoms with Gasteiger partial charge < -0.3 is 5.32 Å². The summed E-state index contributed by atoms with van der Waals surface area (Å²) in [6, 6.07) is 9.07. The molecular formula is C23H28Cl2F3N5OS2. The highest BCUT2D eigenvalue weighted by Gasteiger charge is 2.35. The van der Waals surface area contributed by atoms with Crippen LogP contribution < -0.4 is 5.32 Å². The summed E-state index contributed by atoms with van der Waals surface area (Å²) >= 11 is 3.45. The van der Waals surface area contributed by atoms with Gasteiger partial charge in [-0.3, -0.25) is 19.6 Å². The van der Waals surface area contributed by atoms with E-state index in [0.29, 0.717) is 13.1 Å². The number of carbonyl (C=O) groups is 1. The Morgan fingerprint density at radius 1 is 1.08 bits per heavy atom. The van der Waals surface area contributed by atoms with E-state index in [1.165, 1.54) is 18.5 Å². The molecule has 4 rings (SSSR count). The van der Waals surface area contributed by atoms with Gasteiger partial charge in [0.15, 0.2) is 4.34 Å². The molecule has 1 aromatic carbocycles. The third-order valence-electron chi connectivity index (χ3n) is 5.64. The summed E-state index contributed by atoms with van der Waals surface area (Å²) in [7, 11) is 0. The Kier molecular flexibility index (Phi) is 11.3. The molecule has 1 aliphatic rings. The average Bonchev–Trinajstić information content (AvgIpc) is 3.19. The topological polar surface area (TPSA) is 61.4 Å². The number of para-hydroxylation sites is 1. The van der Waals surface area contributed by atoms with Crippen LogP contribution in [-0.2, 0) is 11.0 Å². The zero-order chi connectivity index (χ0) is 24.3. The number of pyridine rings is 1. The fourth-order valence-electron chi connectivity index (χ4n) is 3.94. The lowest BCUT2D eigenvalue weighted by atomic mass is 10.1. The maximum atomic E-state index is 13.4. The maximum absolute atomic E-state index is 13.4. The molecule has 36 heavy (non-hydrogen) atoms. The van der Waals surface area contributed by atoms with E-state index in [4.69, 9.17) is 0 Å². The number of alkyl halides is 3. The van der Waals surface area contributed by atoms with E-state index in [1.54, 1.807) is 23.1 Å². The number of nitrogens with zero attached hydrogens (tertiary/aromatic N) is 4. The van der Waals surface area contributed by atoms with Crippen LogP contribution in [0.1, 0.15) is 17.0 Å². The van der Waals surface area contributed by atoms with Crippen LogP contribution in [0.5, 0.6) is 0 Å². The van der Waals surface area contributed by atoms with Crippen molar-refractivity contribution in [2.24, 2.45) is 0 Å². The molecular weight excluding hydrogens is 554 g/mol. The number of aromatic nitrogens is 2. The summed E-state index contributed by atoms with van der Waals surface area (Å²) < 4.78 is 42.5. The number of hydrogen-bond acceptors (Lipinski definition) is 7. The molecule has 0 atom stereocenters. The summed E-state index contributed by atoms with van der Waals surface area (Å²) in [4.78, 5) is 25.5. The molecule has 0 saturated carbocycles. The van der Waals surface area contributed by atoms with Crippen LogP contribution in [-0.4, -0.2) is 70.7 Å². The standard InChI is InChI=1S/C23H26F3N5OS2.2ClH/c1-15-13-17(23(24,25)26)21(16(2)27-15)29-20(32)14-31-9-7-30(8-10-31)11-12-33-22-28-18-5-3-4-6-19(18)34-22;;/h3-6,13H,7-12,14H2,1-2H3,(H,29,32);2*1H. The number of benzene rings is 1. The first kappa shape index (κ1) is 30.6. The highest BCUT2D eigenvalue weighted by Crippen LogP contribution is 2.36. The second-order valence-corrected chi connectivity index (χ2v) is 10.6. The first-order chi connectivity index (χ1) is 16.2. The number of thioether (sulfide) groups is 1. The van der Waals surface area contributed by atoms with E-state index < -0.39 is 17.6 Å². The molecule has 3 heterocycles. The Bertz CT molecular complexity index is 1140. The van der Waals surface area contributed by atoms with Gasteiger partial charge in [-0.25, -0.2) is 4.98 Å². The molecule has 1 fully saturated rings. The van der Waals surface area contributed by atoms with Crippen molar-refractivity contribution in [2.45, 2.75) is 24.4 Å². The van der Waals surface area contributed by atoms with Crippen LogP contribution in [0.4, 0.5) is 18.9 Å². The highest BCUT2D eigenvalue weighted by atomic mass is 35.5. The molecule has 13 heteroatoms. The summed E-state index contributed by atoms with van der Waals surface area (Å²) in [5, 5.41) is 2.45. The largest absolute Gasteiger partial charge is 0.418 e. The van der Waals surface area contributed by atoms with Gasteiger partial charge >= 0.3 is 6.18 Å². The zero-order valence-corrected chi connectivity index (χ0v) is 23.1. The molecule has 0 radical (unpaired) electrons. The summed E-state index contributed by atoms with van der Waals surface area (Å²) in [6.07, 6.45) is -4.56. The average molecular weight is 583 g/mol. The normalized spacial score (nSPS) is 14.8. The van der Waals surface area contributed by atoms with Gasteiger partial charge in [-0.2, -0.15) is 13.2 Å². The number of fused-ring (bicyclic) bond motifs is 1. The summed E-state index contributed by atoms with van der Waals surface area (Å²) in [6.45, 7) is 6.96. The van der Waals surface area contributed by atoms with Crippen LogP contribution in [0.3, 0.4) is 0 Å². The van der Waals surface area contributed by atoms with Gasteiger partial charge in [0.25, 0.3) is 0 Å². The van der Waals surface area contributed by atoms with Crippen molar-refractivity contribution in [1.82, 2.24) is 19.8 Å². The zero-order valence-electron chi connectivity index (χ0n) is 19.8.